The standard InChI is InChI=1S/C15H19N3O3/c1-17(9-5-2-6-10-19)15-12-7-3-4-8-13(12)16-11-14(15)18(20)21/h3-4,7-8,11,19H,2,5-6,9-10H2,1H3. The van der Waals surface area contributed by atoms with Crippen molar-refractivity contribution in [3.05, 3.63) is 40.6 Å². The van der Waals surface area contributed by atoms with E-state index in [0.717, 1.165) is 30.2 Å². The van der Waals surface area contributed by atoms with Gasteiger partial charge in [-0.1, -0.05) is 18.2 Å². The van der Waals surface area contributed by atoms with Crippen LogP contribution in [0.1, 0.15) is 19.3 Å². The number of hydrogen-bond donors (Lipinski definition) is 1. The highest BCUT2D eigenvalue weighted by Crippen LogP contribution is 2.34. The van der Waals surface area contributed by atoms with Crippen LogP contribution in [-0.2, 0) is 0 Å². The Bertz CT molecular complexity index is 631. The Morgan fingerprint density at radius 3 is 2.76 bits per heavy atom. The minimum atomic E-state index is -0.390. The van der Waals surface area contributed by atoms with Gasteiger partial charge in [-0.25, -0.2) is 4.98 Å². The number of rotatable bonds is 7. The number of fused-ring (bicyclic) bond motifs is 1. The molecule has 0 bridgehead atoms. The molecule has 0 aliphatic carbocycles. The number of unbranched alkanes of at least 4 members (excludes halogenated alkanes) is 2. The molecule has 2 aromatic rings. The highest BCUT2D eigenvalue weighted by molar-refractivity contribution is 5.96. The number of aliphatic hydroxyl groups excluding tert-OH is 1. The number of nitro groups is 1. The van der Waals surface area contributed by atoms with Crippen molar-refractivity contribution in [2.24, 2.45) is 0 Å². The summed E-state index contributed by atoms with van der Waals surface area (Å²) in [6, 6.07) is 7.43. The van der Waals surface area contributed by atoms with Crippen LogP contribution in [0.25, 0.3) is 10.9 Å². The van der Waals surface area contributed by atoms with E-state index in [-0.39, 0.29) is 17.2 Å². The summed E-state index contributed by atoms with van der Waals surface area (Å²) in [7, 11) is 1.85. The van der Waals surface area contributed by atoms with E-state index in [9.17, 15) is 10.1 Å². The van der Waals surface area contributed by atoms with Crippen molar-refractivity contribution in [2.75, 3.05) is 25.1 Å². The average Bonchev–Trinajstić information content (AvgIpc) is 2.50. The van der Waals surface area contributed by atoms with Gasteiger partial charge in [-0.2, -0.15) is 0 Å². The SMILES string of the molecule is CN(CCCCCO)c1c([N+](=O)[O-])cnc2ccccc12. The van der Waals surface area contributed by atoms with Gasteiger partial charge in [0.1, 0.15) is 11.9 Å². The van der Waals surface area contributed by atoms with Crippen molar-refractivity contribution < 1.29 is 10.0 Å². The molecule has 0 spiro atoms. The summed E-state index contributed by atoms with van der Waals surface area (Å²) < 4.78 is 0. The predicted octanol–water partition coefficient (Wildman–Crippen LogP) is 2.74. The fraction of sp³-hybridized carbons (Fsp3) is 0.400. The van der Waals surface area contributed by atoms with Crippen molar-refractivity contribution >= 4 is 22.3 Å². The molecule has 21 heavy (non-hydrogen) atoms. The van der Waals surface area contributed by atoms with Gasteiger partial charge in [0.25, 0.3) is 0 Å². The molecule has 6 heteroatoms. The van der Waals surface area contributed by atoms with Crippen LogP contribution in [0.4, 0.5) is 11.4 Å². The topological polar surface area (TPSA) is 79.5 Å². The Hall–Kier alpha value is -2.21. The summed E-state index contributed by atoms with van der Waals surface area (Å²) >= 11 is 0. The van der Waals surface area contributed by atoms with Gasteiger partial charge in [0.2, 0.25) is 0 Å². The summed E-state index contributed by atoms with van der Waals surface area (Å²) in [5.74, 6) is 0. The lowest BCUT2D eigenvalue weighted by Gasteiger charge is -2.20. The van der Waals surface area contributed by atoms with Crippen molar-refractivity contribution in [1.82, 2.24) is 4.98 Å². The first-order valence-electron chi connectivity index (χ1n) is 6.99. The second-order valence-corrected chi connectivity index (χ2v) is 4.97. The monoisotopic (exact) mass is 289 g/mol. The first kappa shape index (κ1) is 15.2. The van der Waals surface area contributed by atoms with Crippen LogP contribution in [-0.4, -0.2) is 35.2 Å². The third-order valence-corrected chi connectivity index (χ3v) is 3.46. The molecular weight excluding hydrogens is 270 g/mol. The van der Waals surface area contributed by atoms with E-state index >= 15 is 0 Å². The molecule has 0 saturated carbocycles. The molecule has 2 rings (SSSR count). The van der Waals surface area contributed by atoms with Gasteiger partial charge < -0.3 is 10.0 Å². The molecule has 1 aromatic carbocycles. The van der Waals surface area contributed by atoms with Crippen LogP contribution in [0.5, 0.6) is 0 Å². The molecule has 0 amide bonds. The van der Waals surface area contributed by atoms with E-state index < -0.39 is 0 Å². The van der Waals surface area contributed by atoms with E-state index in [1.54, 1.807) is 0 Å². The number of nitrogens with zero attached hydrogens (tertiary/aromatic N) is 3. The number of benzene rings is 1. The Morgan fingerprint density at radius 2 is 2.05 bits per heavy atom. The lowest BCUT2D eigenvalue weighted by Crippen LogP contribution is -2.20. The van der Waals surface area contributed by atoms with Gasteiger partial charge in [0.15, 0.2) is 0 Å². The maximum absolute atomic E-state index is 11.3. The van der Waals surface area contributed by atoms with Gasteiger partial charge in [-0.05, 0) is 25.3 Å². The minimum absolute atomic E-state index is 0.0263. The van der Waals surface area contributed by atoms with Crippen molar-refractivity contribution in [2.45, 2.75) is 19.3 Å². The zero-order valence-corrected chi connectivity index (χ0v) is 12.0. The average molecular weight is 289 g/mol. The molecule has 0 atom stereocenters. The summed E-state index contributed by atoms with van der Waals surface area (Å²) in [5, 5.41) is 20.8. The molecule has 1 N–H and O–H groups in total. The summed E-state index contributed by atoms with van der Waals surface area (Å²) in [6.07, 6.45) is 3.86. The van der Waals surface area contributed by atoms with E-state index in [1.807, 2.05) is 36.2 Å². The van der Waals surface area contributed by atoms with E-state index in [0.29, 0.717) is 12.2 Å². The van der Waals surface area contributed by atoms with Gasteiger partial charge in [0.05, 0.1) is 10.4 Å². The molecular formula is C15H19N3O3. The molecule has 0 saturated heterocycles. The zero-order chi connectivity index (χ0) is 15.2. The summed E-state index contributed by atoms with van der Waals surface area (Å²) in [5.41, 5.74) is 1.38. The predicted molar refractivity (Wildman–Crippen MR) is 82.6 cm³/mol. The van der Waals surface area contributed by atoms with E-state index in [2.05, 4.69) is 4.98 Å². The number of anilines is 1. The molecule has 0 fully saturated rings. The molecule has 112 valence electrons. The number of para-hydroxylation sites is 1. The molecule has 1 heterocycles. The quantitative estimate of drug-likeness (QED) is 0.481. The zero-order valence-electron chi connectivity index (χ0n) is 12.0. The Kier molecular flexibility index (Phi) is 5.05. The third kappa shape index (κ3) is 3.46. The highest BCUT2D eigenvalue weighted by Gasteiger charge is 2.20. The van der Waals surface area contributed by atoms with Crippen LogP contribution in [0.15, 0.2) is 30.5 Å². The van der Waals surface area contributed by atoms with Crippen LogP contribution < -0.4 is 4.90 Å². The number of pyridine rings is 1. The number of aliphatic hydroxyl groups is 1. The number of hydrogen-bond acceptors (Lipinski definition) is 5. The molecule has 0 unspecified atom stereocenters. The Balaban J connectivity index is 2.34. The molecule has 1 aromatic heterocycles. The summed E-state index contributed by atoms with van der Waals surface area (Å²) in [6.45, 7) is 0.886. The maximum Gasteiger partial charge on any atom is 0.311 e. The first-order chi connectivity index (χ1) is 10.1. The van der Waals surface area contributed by atoms with Gasteiger partial charge >= 0.3 is 5.69 Å². The second kappa shape index (κ2) is 6.99. The fourth-order valence-electron chi connectivity index (χ4n) is 2.40. The van der Waals surface area contributed by atoms with E-state index in [4.69, 9.17) is 5.11 Å². The fourth-order valence-corrected chi connectivity index (χ4v) is 2.40. The maximum atomic E-state index is 11.3. The van der Waals surface area contributed by atoms with E-state index in [1.165, 1.54) is 6.20 Å². The minimum Gasteiger partial charge on any atom is -0.396 e. The molecule has 0 radical (unpaired) electrons. The van der Waals surface area contributed by atoms with Crippen molar-refractivity contribution in [3.8, 4) is 0 Å². The third-order valence-electron chi connectivity index (χ3n) is 3.46. The van der Waals surface area contributed by atoms with Crippen LogP contribution in [0.3, 0.4) is 0 Å². The van der Waals surface area contributed by atoms with Crippen LogP contribution in [0, 0.1) is 10.1 Å². The smallest absolute Gasteiger partial charge is 0.311 e. The lowest BCUT2D eigenvalue weighted by molar-refractivity contribution is -0.384. The van der Waals surface area contributed by atoms with Crippen LogP contribution >= 0.6 is 0 Å². The first-order valence-corrected chi connectivity index (χ1v) is 6.99. The number of aromatic nitrogens is 1. The molecule has 0 aliphatic rings. The van der Waals surface area contributed by atoms with Gasteiger partial charge in [-0.15, -0.1) is 0 Å². The van der Waals surface area contributed by atoms with Crippen molar-refractivity contribution in [1.29, 1.82) is 0 Å². The van der Waals surface area contributed by atoms with Gasteiger partial charge in [-0.3, -0.25) is 10.1 Å². The molecule has 0 aliphatic heterocycles. The summed E-state index contributed by atoms with van der Waals surface area (Å²) in [4.78, 5) is 16.9. The van der Waals surface area contributed by atoms with Crippen LogP contribution in [0.2, 0.25) is 0 Å². The lowest BCUT2D eigenvalue weighted by atomic mass is 10.1. The normalized spacial score (nSPS) is 10.8. The molecule has 6 nitrogen and oxygen atoms in total. The van der Waals surface area contributed by atoms with Crippen molar-refractivity contribution in [3.63, 3.8) is 0 Å². The largest absolute Gasteiger partial charge is 0.396 e. The second-order valence-electron chi connectivity index (χ2n) is 4.97. The van der Waals surface area contributed by atoms with Gasteiger partial charge in [0, 0.05) is 25.6 Å². The highest BCUT2D eigenvalue weighted by atomic mass is 16.6. The Morgan fingerprint density at radius 1 is 1.29 bits per heavy atom. The Labute approximate surface area is 123 Å².